The molecule has 8 heteroatoms. The van der Waals surface area contributed by atoms with Gasteiger partial charge in [-0.05, 0) is 71.2 Å². The standard InChI is InChI=1S/C23H34N6O2/c1-17-15-21(24-13-8-14-29(2)3)27-22(25-17)28-23(30)26-18-9-7-12-20(16-18)31-19-10-5-4-6-11-19/h4-7,9-12,16-17,21-22,24-25,27H,8,13-15H2,1-3H3,(H2,26,28,30). The zero-order chi connectivity index (χ0) is 22.1. The number of carbonyl (C=O) groups is 1. The Morgan fingerprint density at radius 3 is 2.65 bits per heavy atom. The summed E-state index contributed by atoms with van der Waals surface area (Å²) in [7, 11) is 4.15. The molecule has 0 bridgehead atoms. The van der Waals surface area contributed by atoms with E-state index < -0.39 is 0 Å². The van der Waals surface area contributed by atoms with E-state index in [9.17, 15) is 4.79 Å². The van der Waals surface area contributed by atoms with Gasteiger partial charge in [0.1, 0.15) is 17.8 Å². The van der Waals surface area contributed by atoms with Gasteiger partial charge in [0.15, 0.2) is 0 Å². The van der Waals surface area contributed by atoms with E-state index in [1.807, 2.05) is 48.5 Å². The number of ether oxygens (including phenoxy) is 1. The van der Waals surface area contributed by atoms with Gasteiger partial charge < -0.3 is 25.6 Å². The fraction of sp³-hybridized carbons (Fsp3) is 0.435. The van der Waals surface area contributed by atoms with E-state index in [1.54, 1.807) is 6.07 Å². The van der Waals surface area contributed by atoms with Gasteiger partial charge in [0.25, 0.3) is 0 Å². The lowest BCUT2D eigenvalue weighted by Crippen LogP contribution is -2.67. The monoisotopic (exact) mass is 426 g/mol. The predicted molar refractivity (Wildman–Crippen MR) is 124 cm³/mol. The van der Waals surface area contributed by atoms with E-state index in [2.05, 4.69) is 52.5 Å². The van der Waals surface area contributed by atoms with Gasteiger partial charge in [-0.2, -0.15) is 0 Å². The van der Waals surface area contributed by atoms with Crippen LogP contribution in [-0.4, -0.2) is 56.6 Å². The van der Waals surface area contributed by atoms with Crippen LogP contribution in [0.4, 0.5) is 10.5 Å². The Morgan fingerprint density at radius 1 is 1.10 bits per heavy atom. The van der Waals surface area contributed by atoms with Crippen LogP contribution >= 0.6 is 0 Å². The van der Waals surface area contributed by atoms with Crippen LogP contribution in [0.5, 0.6) is 11.5 Å². The molecule has 2 aromatic rings. The number of anilines is 1. The van der Waals surface area contributed by atoms with Gasteiger partial charge in [-0.15, -0.1) is 0 Å². The number of hydrogen-bond donors (Lipinski definition) is 5. The molecule has 0 saturated carbocycles. The largest absolute Gasteiger partial charge is 0.457 e. The van der Waals surface area contributed by atoms with Crippen LogP contribution in [0.25, 0.3) is 0 Å². The van der Waals surface area contributed by atoms with Crippen LogP contribution in [-0.2, 0) is 0 Å². The van der Waals surface area contributed by atoms with E-state index in [0.717, 1.165) is 31.7 Å². The summed E-state index contributed by atoms with van der Waals surface area (Å²) >= 11 is 0. The van der Waals surface area contributed by atoms with E-state index >= 15 is 0 Å². The Morgan fingerprint density at radius 2 is 1.87 bits per heavy atom. The first-order valence-electron chi connectivity index (χ1n) is 10.8. The molecule has 2 amide bonds. The number of nitrogens with one attached hydrogen (secondary N) is 5. The molecule has 5 N–H and O–H groups in total. The molecule has 1 saturated heterocycles. The van der Waals surface area contributed by atoms with E-state index in [4.69, 9.17) is 4.74 Å². The number of urea groups is 1. The molecule has 1 aliphatic rings. The highest BCUT2D eigenvalue weighted by atomic mass is 16.5. The quantitative estimate of drug-likeness (QED) is 0.396. The summed E-state index contributed by atoms with van der Waals surface area (Å²) in [4.78, 5) is 14.7. The smallest absolute Gasteiger partial charge is 0.321 e. The molecule has 3 unspecified atom stereocenters. The molecule has 31 heavy (non-hydrogen) atoms. The van der Waals surface area contributed by atoms with Crippen LogP contribution < -0.4 is 31.3 Å². The van der Waals surface area contributed by atoms with Crippen molar-refractivity contribution in [3.8, 4) is 11.5 Å². The third-order valence-electron chi connectivity index (χ3n) is 4.93. The summed E-state index contributed by atoms with van der Waals surface area (Å²) in [6.07, 6.45) is 1.85. The summed E-state index contributed by atoms with van der Waals surface area (Å²) in [5, 5.41) is 16.1. The van der Waals surface area contributed by atoms with Gasteiger partial charge >= 0.3 is 6.03 Å². The number of amides is 2. The molecule has 8 nitrogen and oxygen atoms in total. The number of hydrogen-bond acceptors (Lipinski definition) is 6. The van der Waals surface area contributed by atoms with Crippen molar-refractivity contribution in [2.24, 2.45) is 0 Å². The van der Waals surface area contributed by atoms with E-state index in [-0.39, 0.29) is 24.5 Å². The van der Waals surface area contributed by atoms with Crippen LogP contribution in [0, 0.1) is 0 Å². The van der Waals surface area contributed by atoms with Gasteiger partial charge in [-0.1, -0.05) is 24.3 Å². The van der Waals surface area contributed by atoms with E-state index in [0.29, 0.717) is 11.4 Å². The molecular formula is C23H34N6O2. The van der Waals surface area contributed by atoms with Crippen molar-refractivity contribution in [2.75, 3.05) is 32.5 Å². The average Bonchev–Trinajstić information content (AvgIpc) is 2.71. The Kier molecular flexibility index (Phi) is 8.66. The van der Waals surface area contributed by atoms with Crippen molar-refractivity contribution in [1.82, 2.24) is 26.2 Å². The van der Waals surface area contributed by atoms with Crippen LogP contribution in [0.2, 0.25) is 0 Å². The van der Waals surface area contributed by atoms with E-state index in [1.165, 1.54) is 0 Å². The second-order valence-electron chi connectivity index (χ2n) is 8.11. The van der Waals surface area contributed by atoms with Crippen LogP contribution in [0.1, 0.15) is 19.8 Å². The lowest BCUT2D eigenvalue weighted by Gasteiger charge is -2.37. The summed E-state index contributed by atoms with van der Waals surface area (Å²) in [6, 6.07) is 16.9. The van der Waals surface area contributed by atoms with Gasteiger partial charge in [-0.3, -0.25) is 10.6 Å². The molecular weight excluding hydrogens is 392 g/mol. The second kappa shape index (κ2) is 11.7. The third kappa shape index (κ3) is 8.18. The lowest BCUT2D eigenvalue weighted by molar-refractivity contribution is 0.192. The van der Waals surface area contributed by atoms with Gasteiger partial charge in [0.2, 0.25) is 0 Å². The van der Waals surface area contributed by atoms with Crippen molar-refractivity contribution in [3.63, 3.8) is 0 Å². The Hall–Kier alpha value is -2.65. The zero-order valence-electron chi connectivity index (χ0n) is 18.5. The maximum absolute atomic E-state index is 12.5. The van der Waals surface area contributed by atoms with Crippen molar-refractivity contribution < 1.29 is 9.53 Å². The first-order chi connectivity index (χ1) is 15.0. The fourth-order valence-corrected chi connectivity index (χ4v) is 3.48. The first-order valence-corrected chi connectivity index (χ1v) is 10.8. The minimum absolute atomic E-state index is 0.145. The molecule has 3 rings (SSSR count). The number of para-hydroxylation sites is 1. The summed E-state index contributed by atoms with van der Waals surface area (Å²) in [6.45, 7) is 4.09. The number of carbonyl (C=O) groups excluding carboxylic acids is 1. The SMILES string of the molecule is CC1CC(NCCCN(C)C)NC(NC(=O)Nc2cccc(Oc3ccccc3)c2)N1. The Bertz CT molecular complexity index is 817. The lowest BCUT2D eigenvalue weighted by atomic mass is 10.1. The van der Waals surface area contributed by atoms with Gasteiger partial charge in [0.05, 0.1) is 6.17 Å². The molecule has 168 valence electrons. The second-order valence-corrected chi connectivity index (χ2v) is 8.11. The van der Waals surface area contributed by atoms with Crippen LogP contribution in [0.3, 0.4) is 0 Å². The highest BCUT2D eigenvalue weighted by Crippen LogP contribution is 2.23. The van der Waals surface area contributed by atoms with Crippen molar-refractivity contribution in [3.05, 3.63) is 54.6 Å². The molecule has 1 heterocycles. The molecule has 0 spiro atoms. The number of benzene rings is 2. The first kappa shape index (κ1) is 23.0. The van der Waals surface area contributed by atoms with Gasteiger partial charge in [-0.25, -0.2) is 4.79 Å². The van der Waals surface area contributed by atoms with Crippen molar-refractivity contribution >= 4 is 11.7 Å². The molecule has 0 aromatic heterocycles. The Balaban J connectivity index is 1.47. The third-order valence-corrected chi connectivity index (χ3v) is 4.93. The minimum atomic E-state index is -0.321. The topological polar surface area (TPSA) is 89.7 Å². The molecule has 3 atom stereocenters. The maximum atomic E-state index is 12.5. The highest BCUT2D eigenvalue weighted by Gasteiger charge is 2.25. The van der Waals surface area contributed by atoms with Gasteiger partial charge in [0, 0.05) is 17.8 Å². The fourth-order valence-electron chi connectivity index (χ4n) is 3.48. The number of rotatable bonds is 9. The molecule has 0 aliphatic carbocycles. The normalized spacial score (nSPS) is 21.0. The average molecular weight is 427 g/mol. The zero-order valence-corrected chi connectivity index (χ0v) is 18.5. The highest BCUT2D eigenvalue weighted by molar-refractivity contribution is 5.89. The molecule has 1 aliphatic heterocycles. The molecule has 1 fully saturated rings. The van der Waals surface area contributed by atoms with Crippen molar-refractivity contribution in [2.45, 2.75) is 38.3 Å². The number of nitrogens with zero attached hydrogens (tertiary/aromatic N) is 1. The summed E-state index contributed by atoms with van der Waals surface area (Å²) < 4.78 is 5.83. The maximum Gasteiger partial charge on any atom is 0.321 e. The molecule has 0 radical (unpaired) electrons. The van der Waals surface area contributed by atoms with Crippen molar-refractivity contribution in [1.29, 1.82) is 0 Å². The summed E-state index contributed by atoms with van der Waals surface area (Å²) in [5.74, 6) is 1.41. The molecule has 2 aromatic carbocycles. The minimum Gasteiger partial charge on any atom is -0.457 e. The van der Waals surface area contributed by atoms with Crippen LogP contribution in [0.15, 0.2) is 54.6 Å². The Labute approximate surface area is 184 Å². The predicted octanol–water partition coefficient (Wildman–Crippen LogP) is 2.72. The summed E-state index contributed by atoms with van der Waals surface area (Å²) in [5.41, 5.74) is 0.660.